The molecular formula is C23H28O6. The van der Waals surface area contributed by atoms with Crippen molar-refractivity contribution in [3.8, 4) is 5.75 Å². The molecule has 29 heavy (non-hydrogen) atoms. The lowest BCUT2D eigenvalue weighted by atomic mass is 10.1. The minimum absolute atomic E-state index is 0.316. The highest BCUT2D eigenvalue weighted by molar-refractivity contribution is 5.92. The fraction of sp³-hybridized carbons (Fsp3) is 0.391. The van der Waals surface area contributed by atoms with Crippen LogP contribution < -0.4 is 4.74 Å². The number of hydrogen-bond donors (Lipinski definition) is 0. The van der Waals surface area contributed by atoms with Crippen molar-refractivity contribution in [1.82, 2.24) is 0 Å². The van der Waals surface area contributed by atoms with E-state index in [4.69, 9.17) is 18.9 Å². The van der Waals surface area contributed by atoms with Crippen LogP contribution in [0, 0.1) is 5.92 Å². The van der Waals surface area contributed by atoms with E-state index in [1.165, 1.54) is 0 Å². The van der Waals surface area contributed by atoms with E-state index in [-0.39, 0.29) is 0 Å². The van der Waals surface area contributed by atoms with Gasteiger partial charge in [-0.05, 0) is 49.2 Å². The summed E-state index contributed by atoms with van der Waals surface area (Å²) < 4.78 is 21.4. The van der Waals surface area contributed by atoms with Crippen LogP contribution in [0.25, 0.3) is 0 Å². The van der Waals surface area contributed by atoms with Gasteiger partial charge in [-0.25, -0.2) is 9.59 Å². The van der Waals surface area contributed by atoms with Crippen LogP contribution in [-0.2, 0) is 20.0 Å². The molecule has 0 aliphatic rings. The Hall–Kier alpha value is -2.70. The second-order valence-corrected chi connectivity index (χ2v) is 6.96. The average molecular weight is 400 g/mol. The number of esters is 2. The fourth-order valence-corrected chi connectivity index (χ4v) is 2.47. The number of hydrogen-bond acceptors (Lipinski definition) is 6. The molecule has 2 rings (SSSR count). The molecule has 0 saturated carbocycles. The Balaban J connectivity index is 1.99. The molecule has 1 unspecified atom stereocenters. The van der Waals surface area contributed by atoms with Crippen LogP contribution in [0.5, 0.6) is 5.75 Å². The Morgan fingerprint density at radius 2 is 1.41 bits per heavy atom. The van der Waals surface area contributed by atoms with E-state index in [0.29, 0.717) is 29.4 Å². The number of rotatable bonds is 9. The van der Waals surface area contributed by atoms with E-state index >= 15 is 0 Å². The summed E-state index contributed by atoms with van der Waals surface area (Å²) in [6, 6.07) is 13.1. The van der Waals surface area contributed by atoms with Crippen molar-refractivity contribution in [1.29, 1.82) is 0 Å². The van der Waals surface area contributed by atoms with Gasteiger partial charge in [0, 0.05) is 19.8 Å². The summed E-state index contributed by atoms with van der Waals surface area (Å²) in [6.07, 6.45) is 0.944. The summed E-state index contributed by atoms with van der Waals surface area (Å²) in [5.41, 5.74) is 1.58. The maximum atomic E-state index is 12.4. The van der Waals surface area contributed by atoms with Gasteiger partial charge in [-0.3, -0.25) is 0 Å². The van der Waals surface area contributed by atoms with E-state index in [9.17, 15) is 9.59 Å². The van der Waals surface area contributed by atoms with Gasteiger partial charge in [0.15, 0.2) is 5.79 Å². The van der Waals surface area contributed by atoms with Gasteiger partial charge in [-0.1, -0.05) is 32.4 Å². The Kier molecular flexibility index (Phi) is 7.93. The third-order valence-corrected chi connectivity index (χ3v) is 4.92. The molecule has 1 atom stereocenters. The van der Waals surface area contributed by atoms with E-state index in [0.717, 1.165) is 12.0 Å². The van der Waals surface area contributed by atoms with Gasteiger partial charge < -0.3 is 18.9 Å². The lowest BCUT2D eigenvalue weighted by molar-refractivity contribution is -0.201. The molecule has 156 valence electrons. The zero-order valence-electron chi connectivity index (χ0n) is 17.6. The molecule has 0 radical (unpaired) electrons. The molecule has 0 amide bonds. The molecule has 0 bridgehead atoms. The molecular weight excluding hydrogens is 372 g/mol. The predicted molar refractivity (Wildman–Crippen MR) is 109 cm³/mol. The van der Waals surface area contributed by atoms with Gasteiger partial charge in [-0.15, -0.1) is 0 Å². The van der Waals surface area contributed by atoms with Crippen molar-refractivity contribution in [2.24, 2.45) is 5.92 Å². The largest absolute Gasteiger partial charge is 0.462 e. The number of carbonyl (C=O) groups is 2. The van der Waals surface area contributed by atoms with Gasteiger partial charge in [0.25, 0.3) is 0 Å². The molecule has 0 spiro atoms. The molecule has 0 aliphatic carbocycles. The smallest absolute Gasteiger partial charge is 0.343 e. The van der Waals surface area contributed by atoms with Crippen LogP contribution in [0.4, 0.5) is 0 Å². The summed E-state index contributed by atoms with van der Waals surface area (Å²) in [7, 11) is 3.10. The van der Waals surface area contributed by atoms with Crippen LogP contribution >= 0.6 is 0 Å². The first-order valence-corrected chi connectivity index (χ1v) is 9.53. The molecule has 0 fully saturated rings. The first-order chi connectivity index (χ1) is 13.8. The van der Waals surface area contributed by atoms with Crippen LogP contribution in [0.2, 0.25) is 0 Å². The maximum Gasteiger partial charge on any atom is 0.343 e. The Labute approximate surface area is 171 Å². The minimum Gasteiger partial charge on any atom is -0.462 e. The molecule has 0 N–H and O–H groups in total. The van der Waals surface area contributed by atoms with E-state index in [2.05, 4.69) is 0 Å². The predicted octanol–water partition coefficient (Wildman–Crippen LogP) is 4.57. The normalized spacial score (nSPS) is 12.3. The second kappa shape index (κ2) is 10.2. The first-order valence-electron chi connectivity index (χ1n) is 9.53. The van der Waals surface area contributed by atoms with Gasteiger partial charge in [0.05, 0.1) is 17.7 Å². The van der Waals surface area contributed by atoms with Crippen molar-refractivity contribution < 1.29 is 28.5 Å². The van der Waals surface area contributed by atoms with Crippen LogP contribution in [0.3, 0.4) is 0 Å². The molecule has 0 saturated heterocycles. The number of benzene rings is 2. The zero-order chi connectivity index (χ0) is 21.4. The van der Waals surface area contributed by atoms with Crippen LogP contribution in [-0.4, -0.2) is 32.8 Å². The maximum absolute atomic E-state index is 12.4. The average Bonchev–Trinajstić information content (AvgIpc) is 2.77. The quantitative estimate of drug-likeness (QED) is 0.349. The standard InChI is InChI=1S/C23H28O6/c1-6-16(2)15-28-21(24)17-9-13-20(14-10-17)29-22(25)18-7-11-19(12-8-18)23(3,26-4)27-5/h7-14,16H,6,15H2,1-5H3. The van der Waals surface area contributed by atoms with Crippen molar-refractivity contribution in [3.63, 3.8) is 0 Å². The van der Waals surface area contributed by atoms with Gasteiger partial charge in [0.1, 0.15) is 5.75 Å². The molecule has 2 aromatic rings. The molecule has 0 heterocycles. The van der Waals surface area contributed by atoms with Gasteiger partial charge >= 0.3 is 11.9 Å². The van der Waals surface area contributed by atoms with Gasteiger partial charge in [0.2, 0.25) is 0 Å². The highest BCUT2D eigenvalue weighted by Crippen LogP contribution is 2.25. The Morgan fingerprint density at radius 1 is 0.897 bits per heavy atom. The fourth-order valence-electron chi connectivity index (χ4n) is 2.47. The van der Waals surface area contributed by atoms with Crippen molar-refractivity contribution in [2.75, 3.05) is 20.8 Å². The zero-order valence-corrected chi connectivity index (χ0v) is 17.6. The van der Waals surface area contributed by atoms with Crippen LogP contribution in [0.1, 0.15) is 53.5 Å². The summed E-state index contributed by atoms with van der Waals surface area (Å²) in [5.74, 6) is -1.12. The highest BCUT2D eigenvalue weighted by Gasteiger charge is 2.25. The highest BCUT2D eigenvalue weighted by atomic mass is 16.7. The molecule has 2 aromatic carbocycles. The van der Waals surface area contributed by atoms with Gasteiger partial charge in [-0.2, -0.15) is 0 Å². The molecule has 0 aliphatic heterocycles. The topological polar surface area (TPSA) is 71.1 Å². The van der Waals surface area contributed by atoms with Crippen molar-refractivity contribution in [3.05, 3.63) is 65.2 Å². The summed E-state index contributed by atoms with van der Waals surface area (Å²) in [4.78, 5) is 24.4. The third kappa shape index (κ3) is 5.89. The Morgan fingerprint density at radius 3 is 1.93 bits per heavy atom. The van der Waals surface area contributed by atoms with E-state index in [1.807, 2.05) is 13.8 Å². The molecule has 6 heteroatoms. The van der Waals surface area contributed by atoms with E-state index in [1.54, 1.807) is 69.7 Å². The van der Waals surface area contributed by atoms with Crippen molar-refractivity contribution >= 4 is 11.9 Å². The lowest BCUT2D eigenvalue weighted by Crippen LogP contribution is -2.26. The minimum atomic E-state index is -0.887. The number of carbonyl (C=O) groups excluding carboxylic acids is 2. The van der Waals surface area contributed by atoms with Crippen molar-refractivity contribution in [2.45, 2.75) is 33.0 Å². The summed E-state index contributed by atoms with van der Waals surface area (Å²) in [5, 5.41) is 0. The van der Waals surface area contributed by atoms with E-state index < -0.39 is 17.7 Å². The lowest BCUT2D eigenvalue weighted by Gasteiger charge is -2.26. The third-order valence-electron chi connectivity index (χ3n) is 4.92. The monoisotopic (exact) mass is 400 g/mol. The number of methoxy groups -OCH3 is 2. The Bertz CT molecular complexity index is 806. The second-order valence-electron chi connectivity index (χ2n) is 6.96. The molecule has 6 nitrogen and oxygen atoms in total. The first kappa shape index (κ1) is 22.6. The number of ether oxygens (including phenoxy) is 4. The van der Waals surface area contributed by atoms with Crippen LogP contribution in [0.15, 0.2) is 48.5 Å². The SMILES string of the molecule is CCC(C)COC(=O)c1ccc(OC(=O)c2ccc(C(C)(OC)OC)cc2)cc1. The summed E-state index contributed by atoms with van der Waals surface area (Å²) >= 11 is 0. The molecule has 0 aromatic heterocycles. The summed E-state index contributed by atoms with van der Waals surface area (Å²) in [6.45, 7) is 6.24.